The molecule has 0 unspecified atom stereocenters. The molecule has 0 radical (unpaired) electrons. The van der Waals surface area contributed by atoms with Gasteiger partial charge in [-0.25, -0.2) is 4.79 Å². The fourth-order valence-corrected chi connectivity index (χ4v) is 14.1. The van der Waals surface area contributed by atoms with Crippen LogP contribution >= 0.6 is 29.8 Å². The molecule has 0 aliphatic carbocycles. The van der Waals surface area contributed by atoms with Crippen molar-refractivity contribution in [3.63, 3.8) is 0 Å². The molecular weight excluding hydrogens is 1120 g/mol. The number of fused-ring (bicyclic) bond motifs is 5. The van der Waals surface area contributed by atoms with E-state index >= 15 is 0 Å². The van der Waals surface area contributed by atoms with E-state index in [1.165, 1.54) is 7.11 Å². The molecule has 5 aromatic carbocycles. The van der Waals surface area contributed by atoms with Gasteiger partial charge in [0.15, 0.2) is 23.0 Å². The Labute approximate surface area is 493 Å². The maximum absolute atomic E-state index is 14.3. The lowest BCUT2D eigenvalue weighted by atomic mass is 10.1. The van der Waals surface area contributed by atoms with Gasteiger partial charge in [-0.3, -0.25) is 24.2 Å². The van der Waals surface area contributed by atoms with E-state index in [0.717, 1.165) is 60.4 Å². The van der Waals surface area contributed by atoms with Crippen molar-refractivity contribution in [2.24, 2.45) is 4.99 Å². The second kappa shape index (κ2) is 28.4. The van der Waals surface area contributed by atoms with Gasteiger partial charge in [-0.1, -0.05) is 72.5 Å². The number of anilines is 4. The number of rotatable bonds is 30. The second-order valence-electron chi connectivity index (χ2n) is 20.2. The van der Waals surface area contributed by atoms with E-state index in [-0.39, 0.29) is 50.3 Å². The Bertz CT molecular complexity index is 3210. The average Bonchev–Trinajstić information content (AvgIpc) is 3.56. The maximum atomic E-state index is 14.3. The summed E-state index contributed by atoms with van der Waals surface area (Å²) in [6.07, 6.45) is 6.40. The standard InChI is InChI=1S/C61H69N6O13PS2/c1-61(81-6,83-82-27-11-16-58(70)80-67-56(68)17-18-57(67)69)39-64(21-22-76-25-26-77-24-23-73-3)44-29-40(37-78-54-34-48(62-2)46(32-52(54)74-4)59(71)65-20-19-42-12-7-9-14-50(42)65)28-41(30-44)38-79-55-35-49-47(33-53(55)75-5)60(72)66-45(36-63-49)31-43-13-8-10-15-51(43)66/h7-10,12-15,28-30,32-35,45,63H,2,6,11,16-27,31,36-39H2,1,3-5H3/t45-,61-/m0/s1. The monoisotopic (exact) mass is 1190 g/mol. The van der Waals surface area contributed by atoms with Crippen molar-refractivity contribution in [3.8, 4) is 23.0 Å². The normalized spacial score (nSPS) is 15.9. The first-order valence-electron chi connectivity index (χ1n) is 27.4. The quantitative estimate of drug-likeness (QED) is 0.0150. The first kappa shape index (κ1) is 60.5. The van der Waals surface area contributed by atoms with E-state index in [1.54, 1.807) is 58.9 Å². The van der Waals surface area contributed by atoms with Crippen LogP contribution in [0, 0.1) is 0 Å². The number of carbonyl (C=O) groups is 5. The third-order valence-electron chi connectivity index (χ3n) is 14.5. The highest BCUT2D eigenvalue weighted by Gasteiger charge is 2.38. The van der Waals surface area contributed by atoms with Crippen LogP contribution in [0.25, 0.3) is 0 Å². The van der Waals surface area contributed by atoms with Crippen LogP contribution in [0.2, 0.25) is 0 Å². The van der Waals surface area contributed by atoms with Gasteiger partial charge in [0.05, 0.1) is 80.3 Å². The molecular formula is C61H69N6O13PS2. The second-order valence-corrected chi connectivity index (χ2v) is 24.7. The number of aliphatic imine (C=N–C) groups is 1. The number of nitrogens with one attached hydrogen (secondary N) is 1. The van der Waals surface area contributed by atoms with E-state index in [1.807, 2.05) is 59.5 Å². The summed E-state index contributed by atoms with van der Waals surface area (Å²) < 4.78 is 41.6. The number of carbonyl (C=O) groups excluding carboxylic acids is 5. The summed E-state index contributed by atoms with van der Waals surface area (Å²) in [5, 5.41) is 4.11. The molecule has 4 heterocycles. The van der Waals surface area contributed by atoms with Gasteiger partial charge in [0.1, 0.15) is 13.2 Å². The molecule has 1 fully saturated rings. The summed E-state index contributed by atoms with van der Waals surface area (Å²) in [6, 6.07) is 28.8. The molecule has 2 atom stereocenters. The Balaban J connectivity index is 0.985. The van der Waals surface area contributed by atoms with Crippen LogP contribution in [0.1, 0.15) is 75.6 Å². The van der Waals surface area contributed by atoms with Gasteiger partial charge in [0, 0.05) is 87.5 Å². The number of amides is 4. The minimum Gasteiger partial charge on any atom is -0.493 e. The Morgan fingerprint density at radius 3 is 2.16 bits per heavy atom. The van der Waals surface area contributed by atoms with Gasteiger partial charge in [-0.2, -0.15) is 0 Å². The Morgan fingerprint density at radius 2 is 1.46 bits per heavy atom. The van der Waals surface area contributed by atoms with E-state index in [2.05, 4.69) is 53.3 Å². The number of benzene rings is 5. The summed E-state index contributed by atoms with van der Waals surface area (Å²) in [5.41, 5.74) is 8.23. The lowest BCUT2D eigenvalue weighted by Crippen LogP contribution is -2.39. The van der Waals surface area contributed by atoms with Crippen LogP contribution in [-0.4, -0.2) is 145 Å². The Kier molecular flexibility index (Phi) is 20.7. The zero-order chi connectivity index (χ0) is 58.5. The molecule has 1 saturated heterocycles. The topological polar surface area (TPSA) is 197 Å². The fraction of sp³-hybridized carbons (Fsp3) is 0.393. The van der Waals surface area contributed by atoms with Gasteiger partial charge in [-0.15, -0.1) is 5.06 Å². The largest absolute Gasteiger partial charge is 0.493 e. The van der Waals surface area contributed by atoms with Crippen molar-refractivity contribution in [1.29, 1.82) is 0 Å². The summed E-state index contributed by atoms with van der Waals surface area (Å²) in [6.45, 7) is 10.2. The van der Waals surface area contributed by atoms with E-state index < -0.39 is 22.3 Å². The summed E-state index contributed by atoms with van der Waals surface area (Å²) in [5.74, 6) is 0.136. The van der Waals surface area contributed by atoms with Crippen LogP contribution in [0.4, 0.5) is 28.4 Å². The van der Waals surface area contributed by atoms with Crippen molar-refractivity contribution in [1.82, 2.24) is 5.06 Å². The minimum absolute atomic E-state index is 0.0296. The van der Waals surface area contributed by atoms with E-state index in [4.69, 9.17) is 38.0 Å². The number of ether oxygens (including phenoxy) is 7. The fourth-order valence-electron chi connectivity index (χ4n) is 10.3. The molecule has 9 rings (SSSR count). The van der Waals surface area contributed by atoms with Crippen molar-refractivity contribution in [2.45, 2.75) is 69.2 Å². The molecule has 19 nitrogen and oxygen atoms in total. The van der Waals surface area contributed by atoms with Gasteiger partial charge in [-0.05, 0) is 97.6 Å². The molecule has 5 aromatic rings. The molecule has 1 N–H and O–H groups in total. The zero-order valence-electron chi connectivity index (χ0n) is 47.2. The zero-order valence-corrected chi connectivity index (χ0v) is 49.7. The third kappa shape index (κ3) is 14.6. The van der Waals surface area contributed by atoms with E-state index in [9.17, 15) is 24.0 Å². The molecule has 0 aromatic heterocycles. The van der Waals surface area contributed by atoms with Crippen molar-refractivity contribution in [2.75, 3.05) is 106 Å². The highest BCUT2D eigenvalue weighted by Crippen LogP contribution is 2.46. The molecule has 83 heavy (non-hydrogen) atoms. The Hall–Kier alpha value is -7.13. The number of hydrogen-bond acceptors (Lipinski definition) is 18. The van der Waals surface area contributed by atoms with Crippen LogP contribution in [0.15, 0.2) is 96.0 Å². The molecule has 22 heteroatoms. The highest BCUT2D eigenvalue weighted by atomic mass is 33.1. The summed E-state index contributed by atoms with van der Waals surface area (Å²) >= 11 is 0. The number of imide groups is 1. The molecule has 4 amide bonds. The van der Waals surface area contributed by atoms with Crippen LogP contribution < -0.4 is 39.0 Å². The predicted molar refractivity (Wildman–Crippen MR) is 326 cm³/mol. The highest BCUT2D eigenvalue weighted by molar-refractivity contribution is 8.77. The smallest absolute Gasteiger partial charge is 0.333 e. The third-order valence-corrected chi connectivity index (χ3v) is 19.4. The maximum Gasteiger partial charge on any atom is 0.333 e. The van der Waals surface area contributed by atoms with Crippen molar-refractivity contribution < 1.29 is 62.0 Å². The van der Waals surface area contributed by atoms with Gasteiger partial charge in [0.2, 0.25) is 0 Å². The molecule has 0 saturated carbocycles. The average molecular weight is 1190 g/mol. The number of methoxy groups -OCH3 is 3. The number of hydroxylamine groups is 2. The van der Waals surface area contributed by atoms with Gasteiger partial charge >= 0.3 is 5.97 Å². The number of hydrogen-bond donors (Lipinski definition) is 1. The molecule has 438 valence electrons. The first-order chi connectivity index (χ1) is 40.3. The van der Waals surface area contributed by atoms with Crippen LogP contribution in [0.3, 0.4) is 0 Å². The van der Waals surface area contributed by atoms with E-state index in [0.29, 0.717) is 122 Å². The lowest BCUT2D eigenvalue weighted by molar-refractivity contribution is -0.197. The first-order valence-corrected chi connectivity index (χ1v) is 30.8. The molecule has 4 aliphatic heterocycles. The van der Waals surface area contributed by atoms with Crippen molar-refractivity contribution in [3.05, 3.63) is 124 Å². The van der Waals surface area contributed by atoms with Crippen LogP contribution in [-0.2, 0) is 59.5 Å². The minimum atomic E-state index is -0.636. The summed E-state index contributed by atoms with van der Waals surface area (Å²) in [4.78, 5) is 80.3. The number of nitrogens with zero attached hydrogens (tertiary/aromatic N) is 5. The number of para-hydroxylation sites is 2. The predicted octanol–water partition coefficient (Wildman–Crippen LogP) is 9.74. The van der Waals surface area contributed by atoms with Crippen molar-refractivity contribution >= 4 is 101 Å². The Morgan fingerprint density at radius 1 is 0.795 bits per heavy atom. The molecule has 4 aliphatic rings. The van der Waals surface area contributed by atoms with Gasteiger partial charge < -0.3 is 58.0 Å². The SMILES string of the molecule is C=Nc1cc(OCc2cc(COc3cc4c(cc3OC)C(=O)N3c5ccccc5C[C@H]3CN4)cc(N(CCOCCOCCOC)C[C@@](C)(P=C)SSCCCC(=O)ON3C(=O)CCC3=O)c2)c(OC)cc1C(=O)N1CCc2ccccc21. The molecule has 0 bridgehead atoms. The van der Waals surface area contributed by atoms with Gasteiger partial charge in [0.25, 0.3) is 23.6 Å². The summed E-state index contributed by atoms with van der Waals surface area (Å²) in [7, 11) is 8.80. The molecule has 0 spiro atoms. The van der Waals surface area contributed by atoms with Crippen LogP contribution in [0.5, 0.6) is 23.0 Å². The lowest BCUT2D eigenvalue weighted by Gasteiger charge is -2.34.